The molecular weight excluding hydrogens is 248 g/mol. The maximum absolute atomic E-state index is 5.18. The number of aromatic amines is 1. The van der Waals surface area contributed by atoms with Crippen LogP contribution in [0.2, 0.25) is 0 Å². The maximum atomic E-state index is 5.18. The van der Waals surface area contributed by atoms with Gasteiger partial charge in [-0.25, -0.2) is 4.98 Å². The Morgan fingerprint density at radius 2 is 2.39 bits per heavy atom. The lowest BCUT2D eigenvalue weighted by Crippen LogP contribution is -1.94. The van der Waals surface area contributed by atoms with Crippen molar-refractivity contribution in [3.63, 3.8) is 0 Å². The molecule has 18 heavy (non-hydrogen) atoms. The monoisotopic (exact) mass is 260 g/mol. The van der Waals surface area contributed by atoms with E-state index in [1.807, 2.05) is 35.1 Å². The van der Waals surface area contributed by atoms with Gasteiger partial charge in [-0.05, 0) is 18.2 Å². The Bertz CT molecular complexity index is 647. The number of aromatic nitrogens is 4. The van der Waals surface area contributed by atoms with Crippen LogP contribution in [0.5, 0.6) is 5.75 Å². The maximum Gasteiger partial charge on any atom is 0.168 e. The Hall–Kier alpha value is -1.95. The lowest BCUT2D eigenvalue weighted by molar-refractivity contribution is 0.415. The first kappa shape index (κ1) is 11.2. The van der Waals surface area contributed by atoms with Gasteiger partial charge in [0.2, 0.25) is 0 Å². The number of imidazole rings is 1. The Morgan fingerprint density at radius 1 is 1.44 bits per heavy atom. The van der Waals surface area contributed by atoms with Gasteiger partial charge >= 0.3 is 0 Å². The second kappa shape index (κ2) is 4.73. The number of benzene rings is 1. The van der Waals surface area contributed by atoms with E-state index >= 15 is 0 Å². The number of hydrogen-bond acceptors (Lipinski definition) is 4. The number of nitrogens with one attached hydrogen (secondary N) is 1. The van der Waals surface area contributed by atoms with Gasteiger partial charge in [0.15, 0.2) is 5.16 Å². The Morgan fingerprint density at radius 3 is 3.17 bits per heavy atom. The third-order valence-electron chi connectivity index (χ3n) is 2.56. The Kier molecular flexibility index (Phi) is 2.93. The van der Waals surface area contributed by atoms with Crippen LogP contribution in [-0.4, -0.2) is 26.9 Å². The number of methoxy groups -OCH3 is 1. The molecule has 0 spiro atoms. The van der Waals surface area contributed by atoms with Crippen LogP contribution >= 0.6 is 11.8 Å². The smallest absolute Gasteiger partial charge is 0.168 e. The van der Waals surface area contributed by atoms with Gasteiger partial charge in [0.05, 0.1) is 24.0 Å². The van der Waals surface area contributed by atoms with Crippen LogP contribution in [-0.2, 0) is 5.88 Å². The van der Waals surface area contributed by atoms with Crippen LogP contribution in [0.15, 0.2) is 41.8 Å². The third-order valence-corrected chi connectivity index (χ3v) is 3.42. The minimum Gasteiger partial charge on any atom is -0.497 e. The molecular formula is C12H12N4OS. The molecule has 0 saturated heterocycles. The van der Waals surface area contributed by atoms with E-state index in [9.17, 15) is 0 Å². The minimum atomic E-state index is 0.740. The Balaban J connectivity index is 1.80. The van der Waals surface area contributed by atoms with E-state index in [0.29, 0.717) is 0 Å². The highest BCUT2D eigenvalue weighted by atomic mass is 32.2. The van der Waals surface area contributed by atoms with Crippen LogP contribution in [0, 0.1) is 0 Å². The van der Waals surface area contributed by atoms with Gasteiger partial charge in [-0.1, -0.05) is 11.8 Å². The Labute approximate surface area is 108 Å². The topological polar surface area (TPSA) is 55.7 Å². The SMILES string of the molecule is COc1ccc2nc(SCn3cccn3)[nH]c2c1. The summed E-state index contributed by atoms with van der Waals surface area (Å²) in [5, 5.41) is 5.03. The zero-order chi connectivity index (χ0) is 12.4. The number of fused-ring (bicyclic) bond motifs is 1. The molecule has 0 aliphatic rings. The van der Waals surface area contributed by atoms with Crippen molar-refractivity contribution in [1.29, 1.82) is 0 Å². The number of rotatable bonds is 4. The summed E-state index contributed by atoms with van der Waals surface area (Å²) in [5.41, 5.74) is 1.93. The van der Waals surface area contributed by atoms with Crippen LogP contribution in [0.25, 0.3) is 11.0 Å². The molecule has 0 unspecified atom stereocenters. The standard InChI is InChI=1S/C12H12N4OS/c1-17-9-3-4-10-11(7-9)15-12(14-10)18-8-16-6-2-5-13-16/h2-7H,8H2,1H3,(H,14,15). The fourth-order valence-corrected chi connectivity index (χ4v) is 2.42. The largest absolute Gasteiger partial charge is 0.497 e. The van der Waals surface area contributed by atoms with Gasteiger partial charge in [0.1, 0.15) is 5.75 Å². The summed E-state index contributed by atoms with van der Waals surface area (Å²) in [7, 11) is 1.66. The highest BCUT2D eigenvalue weighted by Gasteiger charge is 2.04. The van der Waals surface area contributed by atoms with Gasteiger partial charge in [-0.3, -0.25) is 4.68 Å². The minimum absolute atomic E-state index is 0.740. The van der Waals surface area contributed by atoms with Crippen molar-refractivity contribution in [2.75, 3.05) is 7.11 Å². The van der Waals surface area contributed by atoms with E-state index in [0.717, 1.165) is 27.8 Å². The van der Waals surface area contributed by atoms with E-state index in [1.165, 1.54) is 0 Å². The average molecular weight is 260 g/mol. The molecule has 1 N–H and O–H groups in total. The van der Waals surface area contributed by atoms with E-state index < -0.39 is 0 Å². The number of hydrogen-bond donors (Lipinski definition) is 1. The van der Waals surface area contributed by atoms with E-state index in [2.05, 4.69) is 15.1 Å². The molecule has 92 valence electrons. The van der Waals surface area contributed by atoms with Crippen molar-refractivity contribution in [1.82, 2.24) is 19.7 Å². The number of ether oxygens (including phenoxy) is 1. The van der Waals surface area contributed by atoms with E-state index in [4.69, 9.17) is 4.74 Å². The average Bonchev–Trinajstić information content (AvgIpc) is 3.04. The molecule has 5 nitrogen and oxygen atoms in total. The van der Waals surface area contributed by atoms with Crippen molar-refractivity contribution in [2.45, 2.75) is 11.0 Å². The fraction of sp³-hybridized carbons (Fsp3) is 0.167. The molecule has 0 atom stereocenters. The summed E-state index contributed by atoms with van der Waals surface area (Å²) < 4.78 is 7.04. The summed E-state index contributed by atoms with van der Waals surface area (Å²) in [6.45, 7) is 0. The predicted octanol–water partition coefficient (Wildman–Crippen LogP) is 2.52. The van der Waals surface area contributed by atoms with Gasteiger partial charge < -0.3 is 9.72 Å². The normalized spacial score (nSPS) is 10.9. The molecule has 2 aromatic heterocycles. The van der Waals surface area contributed by atoms with Gasteiger partial charge in [0, 0.05) is 18.5 Å². The van der Waals surface area contributed by atoms with E-state index in [1.54, 1.807) is 25.1 Å². The van der Waals surface area contributed by atoms with Crippen molar-refractivity contribution < 1.29 is 4.74 Å². The lowest BCUT2D eigenvalue weighted by atomic mass is 10.3. The third kappa shape index (κ3) is 2.19. The second-order valence-corrected chi connectivity index (χ2v) is 4.68. The van der Waals surface area contributed by atoms with Gasteiger partial charge in [-0.2, -0.15) is 5.10 Å². The van der Waals surface area contributed by atoms with Crippen LogP contribution < -0.4 is 4.74 Å². The first-order valence-corrected chi connectivity index (χ1v) is 6.48. The lowest BCUT2D eigenvalue weighted by Gasteiger charge is -1.97. The summed E-state index contributed by atoms with van der Waals surface area (Å²) in [5.74, 6) is 1.57. The van der Waals surface area contributed by atoms with Crippen molar-refractivity contribution in [3.8, 4) is 5.75 Å². The van der Waals surface area contributed by atoms with Crippen molar-refractivity contribution in [3.05, 3.63) is 36.7 Å². The van der Waals surface area contributed by atoms with Crippen molar-refractivity contribution in [2.24, 2.45) is 0 Å². The molecule has 0 aliphatic heterocycles. The molecule has 0 bridgehead atoms. The quantitative estimate of drug-likeness (QED) is 0.732. The molecule has 6 heteroatoms. The van der Waals surface area contributed by atoms with Crippen molar-refractivity contribution >= 4 is 22.8 Å². The summed E-state index contributed by atoms with van der Waals surface area (Å²) >= 11 is 1.61. The molecule has 3 aromatic rings. The highest BCUT2D eigenvalue weighted by molar-refractivity contribution is 7.98. The zero-order valence-electron chi connectivity index (χ0n) is 9.83. The van der Waals surface area contributed by atoms with Crippen LogP contribution in [0.4, 0.5) is 0 Å². The molecule has 2 heterocycles. The molecule has 0 fully saturated rings. The zero-order valence-corrected chi connectivity index (χ0v) is 10.6. The molecule has 3 rings (SSSR count). The number of nitrogens with zero attached hydrogens (tertiary/aromatic N) is 3. The molecule has 0 radical (unpaired) electrons. The summed E-state index contributed by atoms with van der Waals surface area (Å²) in [6.07, 6.45) is 3.70. The molecule has 1 aromatic carbocycles. The summed E-state index contributed by atoms with van der Waals surface area (Å²) in [6, 6.07) is 7.71. The second-order valence-electron chi connectivity index (χ2n) is 3.74. The number of H-pyrrole nitrogens is 1. The molecule has 0 aliphatic carbocycles. The van der Waals surface area contributed by atoms with Gasteiger partial charge in [-0.15, -0.1) is 0 Å². The predicted molar refractivity (Wildman–Crippen MR) is 70.7 cm³/mol. The fourth-order valence-electron chi connectivity index (χ4n) is 1.66. The molecule has 0 amide bonds. The first-order valence-electron chi connectivity index (χ1n) is 5.49. The first-order chi connectivity index (χ1) is 8.85. The number of thioether (sulfide) groups is 1. The molecule has 0 saturated carbocycles. The van der Waals surface area contributed by atoms with Crippen LogP contribution in [0.3, 0.4) is 0 Å². The van der Waals surface area contributed by atoms with E-state index in [-0.39, 0.29) is 0 Å². The van der Waals surface area contributed by atoms with Crippen LogP contribution in [0.1, 0.15) is 0 Å². The highest BCUT2D eigenvalue weighted by Crippen LogP contribution is 2.23. The summed E-state index contributed by atoms with van der Waals surface area (Å²) in [4.78, 5) is 7.76. The van der Waals surface area contributed by atoms with Gasteiger partial charge in [0.25, 0.3) is 0 Å².